The van der Waals surface area contributed by atoms with Gasteiger partial charge in [-0.05, 0) is 38.3 Å². The number of alkyl halides is 1. The fraction of sp³-hybridized carbons (Fsp3) is 0.692. The summed E-state index contributed by atoms with van der Waals surface area (Å²) in [5, 5.41) is 1.13. The van der Waals surface area contributed by atoms with Crippen LogP contribution in [0.15, 0.2) is 16.7 Å². The molecule has 16 heavy (non-hydrogen) atoms. The third-order valence-electron chi connectivity index (χ3n) is 3.71. The first-order valence-corrected chi connectivity index (χ1v) is 7.05. The van der Waals surface area contributed by atoms with E-state index in [4.69, 9.17) is 4.42 Å². The minimum atomic E-state index is 0.534. The van der Waals surface area contributed by atoms with Gasteiger partial charge < -0.3 is 9.32 Å². The maximum Gasteiger partial charge on any atom is 0.105 e. The van der Waals surface area contributed by atoms with Crippen molar-refractivity contribution < 1.29 is 4.42 Å². The maximum atomic E-state index is 5.33. The third kappa shape index (κ3) is 2.51. The fourth-order valence-corrected chi connectivity index (χ4v) is 3.24. The molecule has 1 fully saturated rings. The average molecular weight is 286 g/mol. The Hall–Kier alpha value is -0.280. The average Bonchev–Trinajstić information content (AvgIpc) is 2.58. The van der Waals surface area contributed by atoms with Gasteiger partial charge in [0.2, 0.25) is 0 Å². The molecular weight excluding hydrogens is 266 g/mol. The van der Waals surface area contributed by atoms with Crippen LogP contribution in [0.5, 0.6) is 0 Å². The van der Waals surface area contributed by atoms with Crippen molar-refractivity contribution in [1.82, 2.24) is 4.90 Å². The van der Waals surface area contributed by atoms with Crippen molar-refractivity contribution in [3.05, 3.63) is 23.7 Å². The second-order valence-electron chi connectivity index (χ2n) is 5.16. The summed E-state index contributed by atoms with van der Waals surface area (Å²) in [6, 6.07) is 2.08. The molecule has 0 aromatic carbocycles. The summed E-state index contributed by atoms with van der Waals surface area (Å²) < 4.78 is 5.33. The van der Waals surface area contributed by atoms with E-state index in [1.807, 2.05) is 6.92 Å². The summed E-state index contributed by atoms with van der Waals surface area (Å²) in [6.07, 6.45) is 5.91. The van der Waals surface area contributed by atoms with Crippen LogP contribution in [0.25, 0.3) is 0 Å². The lowest BCUT2D eigenvalue weighted by molar-refractivity contribution is 0.102. The van der Waals surface area contributed by atoms with Crippen LogP contribution in [0.3, 0.4) is 0 Å². The molecule has 0 bridgehead atoms. The molecule has 2 nitrogen and oxygen atoms in total. The van der Waals surface area contributed by atoms with Gasteiger partial charge in [0.25, 0.3) is 0 Å². The van der Waals surface area contributed by atoms with E-state index in [0.717, 1.165) is 17.6 Å². The standard InChI is InChI=1S/C13H20BrNO/c1-11-12(4-7-16-11)8-15(2)10-13(9-14)5-3-6-13/h4,7H,3,5-6,8-10H2,1-2H3. The lowest BCUT2D eigenvalue weighted by Gasteiger charge is -2.43. The number of halogens is 1. The SMILES string of the molecule is Cc1occc1CN(C)CC1(CBr)CCC1. The van der Waals surface area contributed by atoms with Gasteiger partial charge in [0.05, 0.1) is 6.26 Å². The van der Waals surface area contributed by atoms with Gasteiger partial charge in [-0.3, -0.25) is 0 Å². The van der Waals surface area contributed by atoms with E-state index in [1.54, 1.807) is 6.26 Å². The lowest BCUT2D eigenvalue weighted by atomic mass is 9.70. The molecule has 90 valence electrons. The lowest BCUT2D eigenvalue weighted by Crippen LogP contribution is -2.41. The molecule has 0 spiro atoms. The Kier molecular flexibility index (Phi) is 3.75. The highest BCUT2D eigenvalue weighted by Crippen LogP contribution is 2.42. The molecule has 0 aliphatic heterocycles. The van der Waals surface area contributed by atoms with Gasteiger partial charge in [-0.15, -0.1) is 0 Å². The quantitative estimate of drug-likeness (QED) is 0.769. The molecule has 0 unspecified atom stereocenters. The van der Waals surface area contributed by atoms with E-state index in [9.17, 15) is 0 Å². The monoisotopic (exact) mass is 285 g/mol. The topological polar surface area (TPSA) is 16.4 Å². The molecule has 0 radical (unpaired) electrons. The predicted molar refractivity (Wildman–Crippen MR) is 69.9 cm³/mol. The zero-order valence-electron chi connectivity index (χ0n) is 10.1. The molecular formula is C13H20BrNO. The van der Waals surface area contributed by atoms with Gasteiger partial charge in [0.1, 0.15) is 5.76 Å². The van der Waals surface area contributed by atoms with Gasteiger partial charge in [0.15, 0.2) is 0 Å². The van der Waals surface area contributed by atoms with Crippen LogP contribution in [-0.2, 0) is 6.54 Å². The molecule has 1 aliphatic carbocycles. The summed E-state index contributed by atoms with van der Waals surface area (Å²) in [5.74, 6) is 1.05. The van der Waals surface area contributed by atoms with Crippen molar-refractivity contribution >= 4 is 15.9 Å². The summed E-state index contributed by atoms with van der Waals surface area (Å²) in [5.41, 5.74) is 1.85. The molecule has 1 aromatic heterocycles. The Bertz CT molecular complexity index is 338. The molecule has 0 saturated heterocycles. The van der Waals surface area contributed by atoms with E-state index in [2.05, 4.69) is 33.9 Å². The summed E-state index contributed by atoms with van der Waals surface area (Å²) in [6.45, 7) is 4.22. The summed E-state index contributed by atoms with van der Waals surface area (Å²) in [7, 11) is 2.20. The van der Waals surface area contributed by atoms with Gasteiger partial charge in [-0.2, -0.15) is 0 Å². The molecule has 0 N–H and O–H groups in total. The van der Waals surface area contributed by atoms with Crippen molar-refractivity contribution in [2.45, 2.75) is 32.7 Å². The van der Waals surface area contributed by atoms with Gasteiger partial charge >= 0.3 is 0 Å². The zero-order chi connectivity index (χ0) is 11.6. The molecule has 0 amide bonds. The molecule has 0 atom stereocenters. The van der Waals surface area contributed by atoms with Crippen molar-refractivity contribution in [3.8, 4) is 0 Å². The summed E-state index contributed by atoms with van der Waals surface area (Å²) in [4.78, 5) is 2.41. The van der Waals surface area contributed by atoms with Crippen molar-refractivity contribution in [1.29, 1.82) is 0 Å². The normalized spacial score (nSPS) is 18.8. The highest BCUT2D eigenvalue weighted by molar-refractivity contribution is 9.09. The fourth-order valence-electron chi connectivity index (χ4n) is 2.51. The largest absolute Gasteiger partial charge is 0.469 e. The van der Waals surface area contributed by atoms with E-state index in [0.29, 0.717) is 5.41 Å². The van der Waals surface area contributed by atoms with Crippen LogP contribution in [0.2, 0.25) is 0 Å². The van der Waals surface area contributed by atoms with E-state index < -0.39 is 0 Å². The van der Waals surface area contributed by atoms with E-state index in [-0.39, 0.29) is 0 Å². The highest BCUT2D eigenvalue weighted by Gasteiger charge is 2.36. The Morgan fingerprint density at radius 3 is 2.69 bits per heavy atom. The molecule has 3 heteroatoms. The van der Waals surface area contributed by atoms with Crippen molar-refractivity contribution in [2.75, 3.05) is 18.9 Å². The van der Waals surface area contributed by atoms with Crippen LogP contribution >= 0.6 is 15.9 Å². The second-order valence-corrected chi connectivity index (χ2v) is 5.72. The highest BCUT2D eigenvalue weighted by atomic mass is 79.9. The van der Waals surface area contributed by atoms with Crippen LogP contribution in [0.4, 0.5) is 0 Å². The van der Waals surface area contributed by atoms with Gasteiger partial charge in [-0.25, -0.2) is 0 Å². The smallest absolute Gasteiger partial charge is 0.105 e. The van der Waals surface area contributed by atoms with Crippen LogP contribution in [0, 0.1) is 12.3 Å². The van der Waals surface area contributed by atoms with Crippen molar-refractivity contribution in [3.63, 3.8) is 0 Å². The minimum absolute atomic E-state index is 0.534. The van der Waals surface area contributed by atoms with Gasteiger partial charge in [-0.1, -0.05) is 22.4 Å². The molecule has 1 saturated carbocycles. The first-order chi connectivity index (χ1) is 7.65. The Morgan fingerprint density at radius 1 is 1.50 bits per heavy atom. The van der Waals surface area contributed by atoms with Crippen molar-refractivity contribution in [2.24, 2.45) is 5.41 Å². The number of rotatable bonds is 5. The Balaban J connectivity index is 1.89. The molecule has 2 rings (SSSR count). The number of furan rings is 1. The minimum Gasteiger partial charge on any atom is -0.469 e. The van der Waals surface area contributed by atoms with Gasteiger partial charge in [0, 0.05) is 24.0 Å². The first kappa shape index (κ1) is 12.2. The molecule has 1 heterocycles. The van der Waals surface area contributed by atoms with E-state index in [1.165, 1.54) is 31.4 Å². The second kappa shape index (κ2) is 4.92. The summed E-state index contributed by atoms with van der Waals surface area (Å²) >= 11 is 3.66. The Morgan fingerprint density at radius 2 is 2.25 bits per heavy atom. The van der Waals surface area contributed by atoms with E-state index >= 15 is 0 Å². The number of nitrogens with zero attached hydrogens (tertiary/aromatic N) is 1. The van der Waals surface area contributed by atoms with Crippen LogP contribution < -0.4 is 0 Å². The maximum absolute atomic E-state index is 5.33. The first-order valence-electron chi connectivity index (χ1n) is 5.93. The van der Waals surface area contributed by atoms with Crippen LogP contribution in [-0.4, -0.2) is 23.8 Å². The third-order valence-corrected chi connectivity index (χ3v) is 4.90. The molecule has 1 aliphatic rings. The number of aryl methyl sites for hydroxylation is 1. The zero-order valence-corrected chi connectivity index (χ0v) is 11.7. The predicted octanol–water partition coefficient (Wildman–Crippen LogP) is 3.59. The molecule has 1 aromatic rings. The van der Waals surface area contributed by atoms with Crippen LogP contribution in [0.1, 0.15) is 30.6 Å². The number of hydrogen-bond acceptors (Lipinski definition) is 2. The Labute approximate surface area is 106 Å². The number of hydrogen-bond donors (Lipinski definition) is 0.